The summed E-state index contributed by atoms with van der Waals surface area (Å²) in [6.45, 7) is 0. The van der Waals surface area contributed by atoms with Gasteiger partial charge in [0.1, 0.15) is 11.5 Å². The Labute approximate surface area is 170 Å². The second-order valence-corrected chi connectivity index (χ2v) is 6.35. The fourth-order valence-electron chi connectivity index (χ4n) is 2.43. The zero-order chi connectivity index (χ0) is 20.1. The van der Waals surface area contributed by atoms with Gasteiger partial charge in [-0.1, -0.05) is 11.6 Å². The minimum Gasteiger partial charge on any atom is -0.495 e. The third-order valence-corrected chi connectivity index (χ3v) is 4.82. The molecule has 0 spiro atoms. The van der Waals surface area contributed by atoms with Gasteiger partial charge in [-0.05, 0) is 22.0 Å². The third-order valence-electron chi connectivity index (χ3n) is 3.74. The van der Waals surface area contributed by atoms with Crippen molar-refractivity contribution in [2.45, 2.75) is 0 Å². The maximum absolute atomic E-state index is 12.9. The second-order valence-electron chi connectivity index (χ2n) is 5.15. The zero-order valence-electron chi connectivity index (χ0n) is 15.4. The van der Waals surface area contributed by atoms with Crippen molar-refractivity contribution in [3.63, 3.8) is 0 Å². The van der Waals surface area contributed by atoms with Gasteiger partial charge < -0.3 is 29.0 Å². The smallest absolute Gasteiger partial charge is 0.257 e. The molecule has 2 rings (SSSR count). The largest absolute Gasteiger partial charge is 0.495 e. The molecule has 0 heterocycles. The highest BCUT2D eigenvalue weighted by molar-refractivity contribution is 9.10. The lowest BCUT2D eigenvalue weighted by molar-refractivity contribution is 0.102. The summed E-state index contributed by atoms with van der Waals surface area (Å²) in [6, 6.07) is 4.67. The van der Waals surface area contributed by atoms with Crippen LogP contribution in [0.25, 0.3) is 0 Å². The van der Waals surface area contributed by atoms with Crippen molar-refractivity contribution in [1.82, 2.24) is 0 Å². The number of hydrogen-bond donors (Lipinski definition) is 1. The fourth-order valence-corrected chi connectivity index (χ4v) is 3.30. The van der Waals surface area contributed by atoms with Crippen LogP contribution in [0.3, 0.4) is 0 Å². The van der Waals surface area contributed by atoms with Gasteiger partial charge in [-0.15, -0.1) is 0 Å². The first-order valence-corrected chi connectivity index (χ1v) is 8.80. The van der Waals surface area contributed by atoms with Gasteiger partial charge in [-0.3, -0.25) is 4.79 Å². The molecule has 2 aromatic rings. The first-order valence-electron chi connectivity index (χ1n) is 7.63. The molecule has 0 unspecified atom stereocenters. The van der Waals surface area contributed by atoms with E-state index in [-0.39, 0.29) is 5.56 Å². The number of ether oxygens (including phenoxy) is 5. The van der Waals surface area contributed by atoms with E-state index >= 15 is 0 Å². The number of nitrogens with one attached hydrogen (secondary N) is 1. The van der Waals surface area contributed by atoms with Gasteiger partial charge in [-0.2, -0.15) is 0 Å². The first-order chi connectivity index (χ1) is 12.9. The van der Waals surface area contributed by atoms with Crippen molar-refractivity contribution in [3.05, 3.63) is 33.3 Å². The number of hydrogen-bond acceptors (Lipinski definition) is 6. The van der Waals surface area contributed by atoms with Crippen molar-refractivity contribution < 1.29 is 28.5 Å². The fraction of sp³-hybridized carbons (Fsp3) is 0.278. The van der Waals surface area contributed by atoms with Gasteiger partial charge in [-0.25, -0.2) is 0 Å². The lowest BCUT2D eigenvalue weighted by Crippen LogP contribution is -2.14. The topological polar surface area (TPSA) is 75.3 Å². The molecule has 1 N–H and O–H groups in total. The predicted molar refractivity (Wildman–Crippen MR) is 106 cm³/mol. The number of carbonyl (C=O) groups is 1. The summed E-state index contributed by atoms with van der Waals surface area (Å²) in [4.78, 5) is 12.9. The SMILES string of the molecule is COc1cc(NC(=O)c2cc(OC)c(OC)c(OC)c2Br)c(OC)cc1Cl. The molecule has 27 heavy (non-hydrogen) atoms. The molecule has 0 radical (unpaired) electrons. The van der Waals surface area contributed by atoms with Crippen molar-refractivity contribution in [1.29, 1.82) is 0 Å². The number of anilines is 1. The molecule has 9 heteroatoms. The van der Waals surface area contributed by atoms with Crippen molar-refractivity contribution in [3.8, 4) is 28.7 Å². The van der Waals surface area contributed by atoms with E-state index in [1.54, 1.807) is 18.2 Å². The molecule has 2 aromatic carbocycles. The van der Waals surface area contributed by atoms with Crippen LogP contribution in [0.2, 0.25) is 5.02 Å². The van der Waals surface area contributed by atoms with Gasteiger partial charge in [0, 0.05) is 12.1 Å². The number of carbonyl (C=O) groups excluding carboxylic acids is 1. The normalized spacial score (nSPS) is 10.2. The van der Waals surface area contributed by atoms with E-state index in [1.165, 1.54) is 35.5 Å². The maximum Gasteiger partial charge on any atom is 0.257 e. The molecule has 0 aliphatic rings. The van der Waals surface area contributed by atoms with E-state index in [4.69, 9.17) is 35.3 Å². The van der Waals surface area contributed by atoms with Crippen molar-refractivity contribution in [2.75, 3.05) is 40.9 Å². The lowest BCUT2D eigenvalue weighted by atomic mass is 10.1. The van der Waals surface area contributed by atoms with Crippen LogP contribution in [0.4, 0.5) is 5.69 Å². The molecule has 0 fully saturated rings. The van der Waals surface area contributed by atoms with E-state index in [0.29, 0.717) is 43.9 Å². The summed E-state index contributed by atoms with van der Waals surface area (Å²) < 4.78 is 26.9. The highest BCUT2D eigenvalue weighted by Crippen LogP contribution is 2.45. The zero-order valence-corrected chi connectivity index (χ0v) is 17.8. The Morgan fingerprint density at radius 3 is 1.96 bits per heavy atom. The predicted octanol–water partition coefficient (Wildman–Crippen LogP) is 4.40. The molecule has 0 saturated carbocycles. The number of rotatable bonds is 7. The number of amides is 1. The average molecular weight is 461 g/mol. The first kappa shape index (κ1) is 21.0. The molecular weight excluding hydrogens is 442 g/mol. The van der Waals surface area contributed by atoms with Crippen molar-refractivity contribution in [2.24, 2.45) is 0 Å². The van der Waals surface area contributed by atoms with E-state index in [1.807, 2.05) is 0 Å². The van der Waals surface area contributed by atoms with Crippen LogP contribution in [0.5, 0.6) is 28.7 Å². The van der Waals surface area contributed by atoms with Crippen LogP contribution >= 0.6 is 27.5 Å². The van der Waals surface area contributed by atoms with Gasteiger partial charge in [0.15, 0.2) is 11.5 Å². The second kappa shape index (κ2) is 9.05. The van der Waals surface area contributed by atoms with Gasteiger partial charge in [0.05, 0.1) is 56.3 Å². The molecule has 0 aliphatic carbocycles. The van der Waals surface area contributed by atoms with Crippen LogP contribution < -0.4 is 29.0 Å². The molecular formula is C18H19BrClNO6. The maximum atomic E-state index is 12.9. The molecule has 0 aromatic heterocycles. The van der Waals surface area contributed by atoms with E-state index in [9.17, 15) is 4.79 Å². The summed E-state index contributed by atoms with van der Waals surface area (Å²) in [6.07, 6.45) is 0. The Morgan fingerprint density at radius 2 is 1.44 bits per heavy atom. The van der Waals surface area contributed by atoms with Crippen LogP contribution in [-0.4, -0.2) is 41.5 Å². The number of benzene rings is 2. The van der Waals surface area contributed by atoms with Gasteiger partial charge >= 0.3 is 0 Å². The third kappa shape index (κ3) is 4.17. The lowest BCUT2D eigenvalue weighted by Gasteiger charge is -2.17. The number of methoxy groups -OCH3 is 5. The highest BCUT2D eigenvalue weighted by Gasteiger charge is 2.24. The monoisotopic (exact) mass is 459 g/mol. The van der Waals surface area contributed by atoms with Gasteiger partial charge in [0.2, 0.25) is 5.75 Å². The van der Waals surface area contributed by atoms with Crippen molar-refractivity contribution >= 4 is 39.1 Å². The van der Waals surface area contributed by atoms with Crippen LogP contribution in [0.1, 0.15) is 10.4 Å². The molecule has 146 valence electrons. The Morgan fingerprint density at radius 1 is 0.852 bits per heavy atom. The minimum atomic E-state index is -0.427. The highest BCUT2D eigenvalue weighted by atomic mass is 79.9. The summed E-state index contributed by atoms with van der Waals surface area (Å²) >= 11 is 9.49. The van der Waals surface area contributed by atoms with E-state index in [0.717, 1.165) is 0 Å². The molecule has 0 aliphatic heterocycles. The summed E-state index contributed by atoms with van der Waals surface area (Å²) in [7, 11) is 7.38. The Bertz CT molecular complexity index is 858. The van der Waals surface area contributed by atoms with E-state index < -0.39 is 5.91 Å². The Hall–Kier alpha value is -2.32. The minimum absolute atomic E-state index is 0.278. The molecule has 7 nitrogen and oxygen atoms in total. The average Bonchev–Trinajstić information content (AvgIpc) is 2.68. The molecule has 0 atom stereocenters. The van der Waals surface area contributed by atoms with Crippen LogP contribution in [-0.2, 0) is 0 Å². The number of halogens is 2. The molecule has 0 bridgehead atoms. The summed E-state index contributed by atoms with van der Waals surface area (Å²) in [5, 5.41) is 3.14. The summed E-state index contributed by atoms with van der Waals surface area (Å²) in [5.41, 5.74) is 0.671. The van der Waals surface area contributed by atoms with Crippen LogP contribution in [0.15, 0.2) is 22.7 Å². The van der Waals surface area contributed by atoms with E-state index in [2.05, 4.69) is 21.2 Å². The van der Waals surface area contributed by atoms with Gasteiger partial charge in [0.25, 0.3) is 5.91 Å². The Balaban J connectivity index is 2.50. The molecule has 0 saturated heterocycles. The Kier molecular flexibility index (Phi) is 7.04. The quantitative estimate of drug-likeness (QED) is 0.660. The van der Waals surface area contributed by atoms with Crippen LogP contribution in [0, 0.1) is 0 Å². The summed E-state index contributed by atoms with van der Waals surface area (Å²) in [5.74, 6) is 1.42. The standard InChI is InChI=1S/C18H19BrClNO6/c1-23-12-8-11(13(24-2)7-10(12)20)21-18(22)9-6-14(25-3)16(26-4)17(27-5)15(9)19/h6-8H,1-5H3,(H,21,22). The molecule has 1 amide bonds.